The number of carbonyl (C=O) groups excluding carboxylic acids is 1. The molecule has 3 aromatic rings. The van der Waals surface area contributed by atoms with E-state index in [0.29, 0.717) is 32.2 Å². The van der Waals surface area contributed by atoms with Gasteiger partial charge in [-0.3, -0.25) is 9.36 Å². The van der Waals surface area contributed by atoms with Crippen molar-refractivity contribution in [2.45, 2.75) is 19.9 Å². The first-order valence-corrected chi connectivity index (χ1v) is 10.8. The fourth-order valence-corrected chi connectivity index (χ4v) is 4.57. The summed E-state index contributed by atoms with van der Waals surface area (Å²) < 4.78 is 26.4. The predicted octanol–water partition coefficient (Wildman–Crippen LogP) is 2.60. The molecular formula is C23H22FN3O4S. The lowest BCUT2D eigenvalue weighted by Crippen LogP contribution is -2.39. The minimum Gasteiger partial charge on any atom is -0.463 e. The molecule has 0 fully saturated rings. The normalized spacial score (nSPS) is 16.0. The third-order valence-corrected chi connectivity index (χ3v) is 6.01. The summed E-state index contributed by atoms with van der Waals surface area (Å²) in [5.41, 5.74) is 0.980. The number of thiazole rings is 1. The number of fused-ring (bicyclic) bond motifs is 1. The predicted molar refractivity (Wildman–Crippen MR) is 120 cm³/mol. The highest BCUT2D eigenvalue weighted by Gasteiger charge is 2.33. The van der Waals surface area contributed by atoms with Gasteiger partial charge >= 0.3 is 5.97 Å². The van der Waals surface area contributed by atoms with E-state index in [-0.39, 0.29) is 17.7 Å². The Bertz CT molecular complexity index is 1380. The second-order valence-corrected chi connectivity index (χ2v) is 8.43. The molecule has 0 saturated carbocycles. The van der Waals surface area contributed by atoms with Crippen LogP contribution in [0.1, 0.15) is 31.2 Å². The maximum absolute atomic E-state index is 13.6. The molecule has 1 aliphatic rings. The highest BCUT2D eigenvalue weighted by molar-refractivity contribution is 7.07. The Morgan fingerprint density at radius 2 is 2.00 bits per heavy atom. The third-order valence-electron chi connectivity index (χ3n) is 5.03. The first-order valence-electron chi connectivity index (χ1n) is 10.0. The summed E-state index contributed by atoms with van der Waals surface area (Å²) in [5.74, 6) is 0.223. The number of carbonyl (C=O) groups is 1. The smallest absolute Gasteiger partial charge is 0.338 e. The van der Waals surface area contributed by atoms with Gasteiger partial charge in [-0.2, -0.15) is 0 Å². The van der Waals surface area contributed by atoms with E-state index in [1.165, 1.54) is 28.0 Å². The van der Waals surface area contributed by atoms with Crippen molar-refractivity contribution in [1.29, 1.82) is 0 Å². The summed E-state index contributed by atoms with van der Waals surface area (Å²) in [7, 11) is 3.72. The van der Waals surface area contributed by atoms with Crippen molar-refractivity contribution < 1.29 is 18.3 Å². The van der Waals surface area contributed by atoms with E-state index >= 15 is 0 Å². The fraction of sp³-hybridized carbons (Fsp3) is 0.261. The van der Waals surface area contributed by atoms with E-state index in [2.05, 4.69) is 4.99 Å². The zero-order valence-electron chi connectivity index (χ0n) is 18.1. The quantitative estimate of drug-likeness (QED) is 0.553. The molecule has 0 unspecified atom stereocenters. The van der Waals surface area contributed by atoms with Gasteiger partial charge in [0.15, 0.2) is 10.7 Å². The molecule has 2 aromatic heterocycles. The molecule has 3 heterocycles. The molecule has 1 aromatic carbocycles. The number of nitrogens with zero attached hydrogens (tertiary/aromatic N) is 3. The largest absolute Gasteiger partial charge is 0.463 e. The van der Waals surface area contributed by atoms with Crippen molar-refractivity contribution in [2.24, 2.45) is 4.99 Å². The molecular weight excluding hydrogens is 433 g/mol. The van der Waals surface area contributed by atoms with Gasteiger partial charge in [0.05, 0.1) is 28.5 Å². The van der Waals surface area contributed by atoms with E-state index in [9.17, 15) is 14.0 Å². The number of halogens is 1. The van der Waals surface area contributed by atoms with Gasteiger partial charge in [-0.15, -0.1) is 0 Å². The molecule has 0 aliphatic carbocycles. The lowest BCUT2D eigenvalue weighted by molar-refractivity contribution is -0.139. The van der Waals surface area contributed by atoms with E-state index in [4.69, 9.17) is 9.15 Å². The Morgan fingerprint density at radius 3 is 2.62 bits per heavy atom. The zero-order valence-corrected chi connectivity index (χ0v) is 18.9. The topological polar surface area (TPSA) is 77.0 Å². The number of aromatic nitrogens is 1. The lowest BCUT2D eigenvalue weighted by atomic mass is 9.96. The average molecular weight is 456 g/mol. The summed E-state index contributed by atoms with van der Waals surface area (Å²) in [4.78, 5) is 33.0. The van der Waals surface area contributed by atoms with Crippen LogP contribution in [-0.2, 0) is 9.53 Å². The van der Waals surface area contributed by atoms with Crippen LogP contribution in [0.25, 0.3) is 6.08 Å². The van der Waals surface area contributed by atoms with Crippen molar-refractivity contribution >= 4 is 29.3 Å². The van der Waals surface area contributed by atoms with E-state index < -0.39 is 17.8 Å². The SMILES string of the molecule is CCOC(=O)C1=C(C)N=c2s/c(=C\c3ccc(N(C)C)o3)c(=O)n2[C@@H]1c1ccc(F)cc1. The molecule has 0 saturated heterocycles. The van der Waals surface area contributed by atoms with Gasteiger partial charge in [-0.25, -0.2) is 14.2 Å². The minimum absolute atomic E-state index is 0.183. The summed E-state index contributed by atoms with van der Waals surface area (Å²) in [6, 6.07) is 8.54. The van der Waals surface area contributed by atoms with Gasteiger partial charge in [-0.05, 0) is 37.6 Å². The Kier molecular flexibility index (Phi) is 5.84. The molecule has 7 nitrogen and oxygen atoms in total. The molecule has 0 radical (unpaired) electrons. The van der Waals surface area contributed by atoms with Gasteiger partial charge in [-0.1, -0.05) is 23.5 Å². The molecule has 1 aliphatic heterocycles. The van der Waals surface area contributed by atoms with Crippen molar-refractivity contribution in [1.82, 2.24) is 4.57 Å². The summed E-state index contributed by atoms with van der Waals surface area (Å²) in [6.45, 7) is 3.60. The molecule has 0 spiro atoms. The van der Waals surface area contributed by atoms with Crippen molar-refractivity contribution in [2.75, 3.05) is 25.6 Å². The van der Waals surface area contributed by atoms with Crippen molar-refractivity contribution in [3.63, 3.8) is 0 Å². The molecule has 0 bridgehead atoms. The van der Waals surface area contributed by atoms with Crippen LogP contribution >= 0.6 is 11.3 Å². The van der Waals surface area contributed by atoms with Crippen LogP contribution in [0, 0.1) is 5.82 Å². The van der Waals surface area contributed by atoms with E-state index in [1.54, 1.807) is 38.1 Å². The molecule has 1 atom stereocenters. The Labute approximate surface area is 187 Å². The van der Waals surface area contributed by atoms with Gasteiger partial charge in [0.2, 0.25) is 0 Å². The van der Waals surface area contributed by atoms with Gasteiger partial charge < -0.3 is 14.1 Å². The molecule has 9 heteroatoms. The number of ether oxygens (including phenoxy) is 1. The first-order chi connectivity index (χ1) is 15.3. The summed E-state index contributed by atoms with van der Waals surface area (Å²) >= 11 is 1.20. The minimum atomic E-state index is -0.776. The Balaban J connectivity index is 1.92. The number of benzene rings is 1. The highest BCUT2D eigenvalue weighted by Crippen LogP contribution is 2.30. The second-order valence-electron chi connectivity index (χ2n) is 7.42. The number of hydrogen-bond acceptors (Lipinski definition) is 7. The van der Waals surface area contributed by atoms with Gasteiger partial charge in [0.1, 0.15) is 11.6 Å². The van der Waals surface area contributed by atoms with Gasteiger partial charge in [0, 0.05) is 26.2 Å². The van der Waals surface area contributed by atoms with Gasteiger partial charge in [0.25, 0.3) is 5.56 Å². The van der Waals surface area contributed by atoms with Crippen LogP contribution in [0.15, 0.2) is 61.9 Å². The molecule has 0 N–H and O–H groups in total. The van der Waals surface area contributed by atoms with Crippen LogP contribution in [0.4, 0.5) is 10.3 Å². The molecule has 4 rings (SSSR count). The van der Waals surface area contributed by atoms with E-state index in [1.807, 2.05) is 25.1 Å². The van der Waals surface area contributed by atoms with Crippen molar-refractivity contribution in [3.8, 4) is 0 Å². The second kappa shape index (κ2) is 8.58. The zero-order chi connectivity index (χ0) is 23.0. The number of hydrogen-bond donors (Lipinski definition) is 0. The maximum Gasteiger partial charge on any atom is 0.338 e. The number of esters is 1. The van der Waals surface area contributed by atoms with Crippen molar-refractivity contribution in [3.05, 3.63) is 84.5 Å². The van der Waals surface area contributed by atoms with Crippen LogP contribution in [-0.4, -0.2) is 31.2 Å². The number of furan rings is 1. The highest BCUT2D eigenvalue weighted by atomic mass is 32.1. The standard InChI is InChI=1S/C23H22FN3O4S/c1-5-30-22(29)19-13(2)25-23-27(20(19)14-6-8-15(24)9-7-14)21(28)17(32-23)12-16-10-11-18(31-16)26(3)4/h6-12,20H,5H2,1-4H3/b17-12-/t20-/m1/s1. The summed E-state index contributed by atoms with van der Waals surface area (Å²) in [5, 5.41) is 0. The number of allylic oxidation sites excluding steroid dienone is 1. The fourth-order valence-electron chi connectivity index (χ4n) is 3.54. The van der Waals surface area contributed by atoms with Crippen LogP contribution in [0.5, 0.6) is 0 Å². The summed E-state index contributed by atoms with van der Waals surface area (Å²) in [6.07, 6.45) is 1.65. The molecule has 0 amide bonds. The average Bonchev–Trinajstić information content (AvgIpc) is 3.33. The van der Waals surface area contributed by atoms with Crippen LogP contribution in [0.3, 0.4) is 0 Å². The van der Waals surface area contributed by atoms with E-state index in [0.717, 1.165) is 0 Å². The Hall–Kier alpha value is -3.46. The maximum atomic E-state index is 13.6. The lowest BCUT2D eigenvalue weighted by Gasteiger charge is -2.24. The number of anilines is 1. The number of rotatable bonds is 5. The Morgan fingerprint density at radius 1 is 1.28 bits per heavy atom. The van der Waals surface area contributed by atoms with Crippen LogP contribution in [0.2, 0.25) is 0 Å². The molecule has 32 heavy (non-hydrogen) atoms. The monoisotopic (exact) mass is 455 g/mol. The molecule has 166 valence electrons. The third kappa shape index (κ3) is 3.91. The first kappa shape index (κ1) is 21.8. The van der Waals surface area contributed by atoms with Crippen LogP contribution < -0.4 is 19.8 Å².